The molecule has 2 aromatic heterocycles. The Labute approximate surface area is 199 Å². The number of halogens is 1. The number of imidazole rings is 1. The third-order valence-corrected chi connectivity index (χ3v) is 6.56. The van der Waals surface area contributed by atoms with Gasteiger partial charge < -0.3 is 20.1 Å². The lowest BCUT2D eigenvalue weighted by Crippen LogP contribution is -2.31. The fourth-order valence-electron chi connectivity index (χ4n) is 4.86. The number of pyridine rings is 1. The number of amides is 1. The number of benzene rings is 1. The molecule has 178 valence electrons. The maximum Gasteiger partial charge on any atom is 0.224 e. The molecule has 0 saturated carbocycles. The molecular formula is C26H31FN6O. The van der Waals surface area contributed by atoms with Gasteiger partial charge in [-0.05, 0) is 76.2 Å². The minimum Gasteiger partial charge on any atom is -0.354 e. The zero-order valence-corrected chi connectivity index (χ0v) is 19.6. The van der Waals surface area contributed by atoms with E-state index in [-0.39, 0.29) is 11.6 Å². The number of nitrogens with zero attached hydrogens (tertiary/aromatic N) is 4. The van der Waals surface area contributed by atoms with Crippen LogP contribution >= 0.6 is 0 Å². The van der Waals surface area contributed by atoms with Gasteiger partial charge in [-0.3, -0.25) is 9.78 Å². The van der Waals surface area contributed by atoms with Gasteiger partial charge in [0.15, 0.2) is 0 Å². The van der Waals surface area contributed by atoms with E-state index < -0.39 is 5.82 Å². The summed E-state index contributed by atoms with van der Waals surface area (Å²) in [6, 6.07) is 10.7. The minimum absolute atomic E-state index is 0.159. The van der Waals surface area contributed by atoms with Crippen LogP contribution in [-0.4, -0.2) is 51.5 Å². The van der Waals surface area contributed by atoms with Crippen molar-refractivity contribution in [2.75, 3.05) is 36.8 Å². The number of likely N-dealkylation sites (tertiary alicyclic amines) is 1. The summed E-state index contributed by atoms with van der Waals surface area (Å²) in [6.07, 6.45) is 4.92. The number of piperidine rings is 1. The maximum atomic E-state index is 14.7. The third kappa shape index (κ3) is 4.82. The number of anilines is 2. The van der Waals surface area contributed by atoms with E-state index in [1.54, 1.807) is 12.1 Å². The van der Waals surface area contributed by atoms with Crippen LogP contribution in [0.25, 0.3) is 22.6 Å². The number of hydrogen-bond donors (Lipinski definition) is 2. The van der Waals surface area contributed by atoms with E-state index in [1.165, 1.54) is 25.3 Å². The molecule has 1 fully saturated rings. The summed E-state index contributed by atoms with van der Waals surface area (Å²) in [6.45, 7) is 6.64. The first-order chi connectivity index (χ1) is 16.6. The summed E-state index contributed by atoms with van der Waals surface area (Å²) in [5.41, 5.74) is 4.29. The largest absolute Gasteiger partial charge is 0.354 e. The SMILES string of the molecule is Cc1cccc(-c2nc3n(c2-c2ccc(F)c(NC(=O)CCCN4CCCCC4)c2)CCN3)n1. The first kappa shape index (κ1) is 22.5. The van der Waals surface area contributed by atoms with Gasteiger partial charge in [0.25, 0.3) is 0 Å². The molecule has 1 saturated heterocycles. The molecule has 1 amide bonds. The number of carbonyl (C=O) groups excluding carboxylic acids is 1. The Kier molecular flexibility index (Phi) is 6.58. The van der Waals surface area contributed by atoms with Crippen LogP contribution in [0.3, 0.4) is 0 Å². The highest BCUT2D eigenvalue weighted by Gasteiger charge is 2.24. The van der Waals surface area contributed by atoms with Crippen molar-refractivity contribution in [3.8, 4) is 22.6 Å². The van der Waals surface area contributed by atoms with Crippen molar-refractivity contribution < 1.29 is 9.18 Å². The summed E-state index contributed by atoms with van der Waals surface area (Å²) in [7, 11) is 0. The van der Waals surface area contributed by atoms with Crippen molar-refractivity contribution >= 4 is 17.5 Å². The summed E-state index contributed by atoms with van der Waals surface area (Å²) in [4.78, 5) is 24.4. The van der Waals surface area contributed by atoms with Crippen LogP contribution < -0.4 is 10.6 Å². The number of hydrogen-bond acceptors (Lipinski definition) is 5. The molecule has 2 N–H and O–H groups in total. The molecule has 0 radical (unpaired) electrons. The highest BCUT2D eigenvalue weighted by Crippen LogP contribution is 2.37. The molecule has 0 atom stereocenters. The van der Waals surface area contributed by atoms with E-state index in [2.05, 4.69) is 25.1 Å². The zero-order chi connectivity index (χ0) is 23.5. The highest BCUT2D eigenvalue weighted by atomic mass is 19.1. The van der Waals surface area contributed by atoms with Gasteiger partial charge in [0.2, 0.25) is 11.9 Å². The number of carbonyl (C=O) groups is 1. The number of aromatic nitrogens is 3. The zero-order valence-electron chi connectivity index (χ0n) is 19.6. The van der Waals surface area contributed by atoms with Gasteiger partial charge in [-0.15, -0.1) is 0 Å². The molecule has 0 bridgehead atoms. The van der Waals surface area contributed by atoms with Crippen molar-refractivity contribution in [1.29, 1.82) is 0 Å². The van der Waals surface area contributed by atoms with E-state index in [1.807, 2.05) is 25.1 Å². The fourth-order valence-corrected chi connectivity index (χ4v) is 4.86. The normalized spacial score (nSPS) is 15.7. The van der Waals surface area contributed by atoms with Crippen LogP contribution in [0.4, 0.5) is 16.0 Å². The quantitative estimate of drug-likeness (QED) is 0.533. The molecule has 2 aliphatic heterocycles. The molecule has 0 unspecified atom stereocenters. The fraction of sp³-hybridized carbons (Fsp3) is 0.423. The Balaban J connectivity index is 1.36. The molecule has 0 spiro atoms. The van der Waals surface area contributed by atoms with E-state index in [4.69, 9.17) is 4.98 Å². The van der Waals surface area contributed by atoms with E-state index in [0.717, 1.165) is 73.4 Å². The van der Waals surface area contributed by atoms with Gasteiger partial charge in [0.05, 0.1) is 17.1 Å². The van der Waals surface area contributed by atoms with Gasteiger partial charge in [0.1, 0.15) is 11.5 Å². The van der Waals surface area contributed by atoms with Crippen molar-refractivity contribution in [1.82, 2.24) is 19.4 Å². The molecular weight excluding hydrogens is 431 g/mol. The molecule has 8 heteroatoms. The van der Waals surface area contributed by atoms with Crippen molar-refractivity contribution in [3.63, 3.8) is 0 Å². The number of rotatable bonds is 7. The number of fused-ring (bicyclic) bond motifs is 1. The second-order valence-electron chi connectivity index (χ2n) is 9.12. The first-order valence-corrected chi connectivity index (χ1v) is 12.2. The van der Waals surface area contributed by atoms with Crippen molar-refractivity contribution in [2.24, 2.45) is 0 Å². The van der Waals surface area contributed by atoms with E-state index >= 15 is 0 Å². The van der Waals surface area contributed by atoms with Crippen LogP contribution in [0.1, 0.15) is 37.8 Å². The third-order valence-electron chi connectivity index (χ3n) is 6.56. The molecule has 5 rings (SSSR count). The molecule has 1 aromatic carbocycles. The summed E-state index contributed by atoms with van der Waals surface area (Å²) >= 11 is 0. The Morgan fingerprint density at radius 2 is 1.97 bits per heavy atom. The van der Waals surface area contributed by atoms with Crippen molar-refractivity contribution in [2.45, 2.75) is 45.6 Å². The standard InChI is InChI=1S/C26H31FN6O/c1-18-7-5-8-21(29-18)24-25(33-16-12-28-26(33)31-24)19-10-11-20(27)22(17-19)30-23(34)9-6-15-32-13-3-2-4-14-32/h5,7-8,10-11,17H,2-4,6,9,12-16H2,1H3,(H,28,31)(H,30,34). The lowest BCUT2D eigenvalue weighted by atomic mass is 10.1. The van der Waals surface area contributed by atoms with Crippen LogP contribution in [0, 0.1) is 12.7 Å². The predicted molar refractivity (Wildman–Crippen MR) is 132 cm³/mol. The molecule has 0 aliphatic carbocycles. The van der Waals surface area contributed by atoms with Gasteiger partial charge in [-0.25, -0.2) is 9.37 Å². The summed E-state index contributed by atoms with van der Waals surface area (Å²) in [5, 5.41) is 6.09. The number of aryl methyl sites for hydroxylation is 1. The van der Waals surface area contributed by atoms with Crippen LogP contribution in [0.2, 0.25) is 0 Å². The Morgan fingerprint density at radius 1 is 1.12 bits per heavy atom. The molecule has 7 nitrogen and oxygen atoms in total. The predicted octanol–water partition coefficient (Wildman–Crippen LogP) is 4.69. The van der Waals surface area contributed by atoms with Gasteiger partial charge >= 0.3 is 0 Å². The summed E-state index contributed by atoms with van der Waals surface area (Å²) < 4.78 is 16.8. The van der Waals surface area contributed by atoms with Crippen LogP contribution in [0.15, 0.2) is 36.4 Å². The molecule has 3 aromatic rings. The molecule has 34 heavy (non-hydrogen) atoms. The second-order valence-corrected chi connectivity index (χ2v) is 9.12. The van der Waals surface area contributed by atoms with E-state index in [0.29, 0.717) is 6.42 Å². The topological polar surface area (TPSA) is 75.1 Å². The van der Waals surface area contributed by atoms with E-state index in [9.17, 15) is 9.18 Å². The molecule has 2 aliphatic rings. The van der Waals surface area contributed by atoms with Crippen LogP contribution in [0.5, 0.6) is 0 Å². The first-order valence-electron chi connectivity index (χ1n) is 12.2. The average Bonchev–Trinajstić information content (AvgIpc) is 3.43. The molecule has 4 heterocycles. The van der Waals surface area contributed by atoms with Gasteiger partial charge in [0, 0.05) is 30.8 Å². The van der Waals surface area contributed by atoms with Gasteiger partial charge in [-0.2, -0.15) is 0 Å². The smallest absolute Gasteiger partial charge is 0.224 e. The lowest BCUT2D eigenvalue weighted by Gasteiger charge is -2.26. The minimum atomic E-state index is -0.442. The second kappa shape index (κ2) is 9.93. The summed E-state index contributed by atoms with van der Waals surface area (Å²) in [5.74, 6) is 0.178. The van der Waals surface area contributed by atoms with Crippen molar-refractivity contribution in [3.05, 3.63) is 47.9 Å². The Hall–Kier alpha value is -3.26. The Morgan fingerprint density at radius 3 is 2.79 bits per heavy atom. The van der Waals surface area contributed by atoms with Crippen LogP contribution in [-0.2, 0) is 11.3 Å². The Bertz CT molecular complexity index is 1180. The maximum absolute atomic E-state index is 14.7. The average molecular weight is 463 g/mol. The number of nitrogens with one attached hydrogen (secondary N) is 2. The monoisotopic (exact) mass is 462 g/mol. The highest BCUT2D eigenvalue weighted by molar-refractivity contribution is 5.92. The lowest BCUT2D eigenvalue weighted by molar-refractivity contribution is -0.116. The van der Waals surface area contributed by atoms with Gasteiger partial charge in [-0.1, -0.05) is 12.5 Å².